The highest BCUT2D eigenvalue weighted by Crippen LogP contribution is 2.24. The molecule has 1 unspecified atom stereocenters. The summed E-state index contributed by atoms with van der Waals surface area (Å²) < 4.78 is 27.2. The summed E-state index contributed by atoms with van der Waals surface area (Å²) in [7, 11) is -3.60. The zero-order valence-electron chi connectivity index (χ0n) is 10.8. The van der Waals surface area contributed by atoms with Gasteiger partial charge in [0, 0.05) is 16.4 Å². The number of nitrogens with two attached hydrogens (primary N) is 1. The van der Waals surface area contributed by atoms with E-state index >= 15 is 0 Å². The van der Waals surface area contributed by atoms with Crippen LogP contribution in [-0.4, -0.2) is 8.42 Å². The first kappa shape index (κ1) is 15.5. The smallest absolute Gasteiger partial charge is 0.241 e. The molecule has 2 aromatic rings. The Bertz CT molecular complexity index is 684. The van der Waals surface area contributed by atoms with Crippen LogP contribution in [0.1, 0.15) is 23.4 Å². The first-order chi connectivity index (χ1) is 9.44. The van der Waals surface area contributed by atoms with Crippen molar-refractivity contribution in [2.24, 2.45) is 5.73 Å². The number of rotatable bonds is 5. The fourth-order valence-corrected chi connectivity index (χ4v) is 4.14. The van der Waals surface area contributed by atoms with Gasteiger partial charge in [-0.2, -0.15) is 0 Å². The van der Waals surface area contributed by atoms with Crippen molar-refractivity contribution in [1.29, 1.82) is 0 Å². The second-order valence-corrected chi connectivity index (χ2v) is 7.42. The molecule has 0 spiro atoms. The number of thiophene rings is 1. The zero-order chi connectivity index (χ0) is 14.8. The van der Waals surface area contributed by atoms with Crippen LogP contribution in [0.25, 0.3) is 0 Å². The van der Waals surface area contributed by atoms with Crippen LogP contribution in [0.3, 0.4) is 0 Å². The SMILES string of the molecule is CC(NS(=O)(=O)c1ccc(CN)c(Cl)c1)c1cccs1. The lowest BCUT2D eigenvalue weighted by Crippen LogP contribution is -2.26. The van der Waals surface area contributed by atoms with Crippen molar-refractivity contribution in [1.82, 2.24) is 4.72 Å². The maximum atomic E-state index is 12.3. The topological polar surface area (TPSA) is 72.2 Å². The van der Waals surface area contributed by atoms with Crippen LogP contribution in [0.4, 0.5) is 0 Å². The second-order valence-electron chi connectivity index (χ2n) is 4.32. The lowest BCUT2D eigenvalue weighted by molar-refractivity contribution is 0.568. The van der Waals surface area contributed by atoms with Crippen molar-refractivity contribution in [2.75, 3.05) is 0 Å². The Morgan fingerprint density at radius 1 is 1.40 bits per heavy atom. The average Bonchev–Trinajstić information content (AvgIpc) is 2.92. The van der Waals surface area contributed by atoms with Gasteiger partial charge in [-0.05, 0) is 36.1 Å². The van der Waals surface area contributed by atoms with Gasteiger partial charge in [-0.25, -0.2) is 13.1 Å². The van der Waals surface area contributed by atoms with Gasteiger partial charge in [0.15, 0.2) is 0 Å². The summed E-state index contributed by atoms with van der Waals surface area (Å²) in [5.74, 6) is 0. The molecule has 4 nitrogen and oxygen atoms in total. The lowest BCUT2D eigenvalue weighted by Gasteiger charge is -2.13. The van der Waals surface area contributed by atoms with E-state index in [4.69, 9.17) is 17.3 Å². The molecule has 0 aliphatic rings. The van der Waals surface area contributed by atoms with Gasteiger partial charge in [0.1, 0.15) is 0 Å². The van der Waals surface area contributed by atoms with E-state index in [9.17, 15) is 8.42 Å². The molecular weight excluding hydrogens is 316 g/mol. The van der Waals surface area contributed by atoms with Crippen molar-refractivity contribution < 1.29 is 8.42 Å². The predicted molar refractivity (Wildman–Crippen MR) is 82.4 cm³/mol. The van der Waals surface area contributed by atoms with Crippen LogP contribution < -0.4 is 10.5 Å². The summed E-state index contributed by atoms with van der Waals surface area (Å²) >= 11 is 7.51. The Kier molecular flexibility index (Phi) is 4.82. The van der Waals surface area contributed by atoms with Crippen LogP contribution in [0, 0.1) is 0 Å². The van der Waals surface area contributed by atoms with Gasteiger partial charge in [0.2, 0.25) is 10.0 Å². The minimum atomic E-state index is -3.60. The van der Waals surface area contributed by atoms with Gasteiger partial charge < -0.3 is 5.73 Å². The number of hydrogen-bond acceptors (Lipinski definition) is 4. The molecule has 0 radical (unpaired) electrons. The van der Waals surface area contributed by atoms with E-state index in [1.807, 2.05) is 17.5 Å². The number of benzene rings is 1. The Balaban J connectivity index is 2.24. The fourth-order valence-electron chi connectivity index (χ4n) is 1.76. The predicted octanol–water partition coefficient (Wildman–Crippen LogP) is 2.90. The van der Waals surface area contributed by atoms with Gasteiger partial charge in [0.05, 0.1) is 10.9 Å². The van der Waals surface area contributed by atoms with Crippen molar-refractivity contribution in [3.8, 4) is 0 Å². The van der Waals surface area contributed by atoms with E-state index in [0.717, 1.165) is 10.4 Å². The van der Waals surface area contributed by atoms with E-state index in [2.05, 4.69) is 4.72 Å². The molecule has 0 aliphatic heterocycles. The maximum Gasteiger partial charge on any atom is 0.241 e. The molecule has 0 aliphatic carbocycles. The van der Waals surface area contributed by atoms with Gasteiger partial charge in [-0.1, -0.05) is 23.7 Å². The summed E-state index contributed by atoms with van der Waals surface area (Å²) in [4.78, 5) is 1.10. The van der Waals surface area contributed by atoms with Gasteiger partial charge in [-0.15, -0.1) is 11.3 Å². The molecule has 1 aromatic heterocycles. The summed E-state index contributed by atoms with van der Waals surface area (Å²) in [5, 5.41) is 2.27. The summed E-state index contributed by atoms with van der Waals surface area (Å²) in [6.45, 7) is 2.08. The number of nitrogens with one attached hydrogen (secondary N) is 1. The highest BCUT2D eigenvalue weighted by atomic mass is 35.5. The van der Waals surface area contributed by atoms with E-state index in [1.54, 1.807) is 13.0 Å². The van der Waals surface area contributed by atoms with Crippen LogP contribution >= 0.6 is 22.9 Å². The highest BCUT2D eigenvalue weighted by Gasteiger charge is 2.19. The average molecular weight is 331 g/mol. The Morgan fingerprint density at radius 3 is 2.70 bits per heavy atom. The normalized spacial score (nSPS) is 13.3. The van der Waals surface area contributed by atoms with Crippen molar-refractivity contribution in [3.05, 3.63) is 51.2 Å². The minimum Gasteiger partial charge on any atom is -0.326 e. The van der Waals surface area contributed by atoms with E-state index in [0.29, 0.717) is 5.02 Å². The molecule has 20 heavy (non-hydrogen) atoms. The van der Waals surface area contributed by atoms with E-state index in [-0.39, 0.29) is 17.5 Å². The zero-order valence-corrected chi connectivity index (χ0v) is 13.2. The molecule has 0 amide bonds. The van der Waals surface area contributed by atoms with E-state index < -0.39 is 10.0 Å². The van der Waals surface area contributed by atoms with Crippen LogP contribution in [0.5, 0.6) is 0 Å². The number of halogens is 1. The summed E-state index contributed by atoms with van der Waals surface area (Å²) in [5.41, 5.74) is 6.23. The minimum absolute atomic E-state index is 0.142. The molecule has 7 heteroatoms. The summed E-state index contributed by atoms with van der Waals surface area (Å²) in [6, 6.07) is 8.06. The largest absolute Gasteiger partial charge is 0.326 e. The third-order valence-electron chi connectivity index (χ3n) is 2.86. The maximum absolute atomic E-state index is 12.3. The molecule has 108 valence electrons. The van der Waals surface area contributed by atoms with Crippen LogP contribution in [0.15, 0.2) is 40.6 Å². The van der Waals surface area contributed by atoms with Crippen LogP contribution in [0.2, 0.25) is 5.02 Å². The molecule has 1 atom stereocenters. The first-order valence-electron chi connectivity index (χ1n) is 5.98. The van der Waals surface area contributed by atoms with E-state index in [1.165, 1.54) is 23.5 Å². The number of sulfonamides is 1. The third kappa shape index (κ3) is 3.39. The number of hydrogen-bond donors (Lipinski definition) is 2. The molecule has 0 bridgehead atoms. The molecule has 0 saturated heterocycles. The Labute approximate surface area is 127 Å². The fraction of sp³-hybridized carbons (Fsp3) is 0.231. The van der Waals surface area contributed by atoms with Crippen LogP contribution in [-0.2, 0) is 16.6 Å². The first-order valence-corrected chi connectivity index (χ1v) is 8.72. The van der Waals surface area contributed by atoms with Crippen molar-refractivity contribution in [3.63, 3.8) is 0 Å². The summed E-state index contributed by atoms with van der Waals surface area (Å²) in [6.07, 6.45) is 0. The van der Waals surface area contributed by atoms with Gasteiger partial charge in [0.25, 0.3) is 0 Å². The third-order valence-corrected chi connectivity index (χ3v) is 5.80. The van der Waals surface area contributed by atoms with Crippen molar-refractivity contribution >= 4 is 33.0 Å². The van der Waals surface area contributed by atoms with Gasteiger partial charge >= 0.3 is 0 Å². The second kappa shape index (κ2) is 6.24. The van der Waals surface area contributed by atoms with Crippen molar-refractivity contribution in [2.45, 2.75) is 24.4 Å². The Morgan fingerprint density at radius 2 is 2.15 bits per heavy atom. The highest BCUT2D eigenvalue weighted by molar-refractivity contribution is 7.89. The molecule has 1 aromatic carbocycles. The molecule has 1 heterocycles. The monoisotopic (exact) mass is 330 g/mol. The quantitative estimate of drug-likeness (QED) is 0.885. The molecule has 0 fully saturated rings. The van der Waals surface area contributed by atoms with Gasteiger partial charge in [-0.3, -0.25) is 0 Å². The molecular formula is C13H15ClN2O2S2. The molecule has 0 saturated carbocycles. The Hall–Kier alpha value is -0.920. The molecule has 3 N–H and O–H groups in total. The standard InChI is InChI=1S/C13H15ClN2O2S2/c1-9(13-3-2-6-19-13)16-20(17,18)11-5-4-10(8-15)12(14)7-11/h2-7,9,16H,8,15H2,1H3. The molecule has 2 rings (SSSR count). The lowest BCUT2D eigenvalue weighted by atomic mass is 10.2.